The fourth-order valence-electron chi connectivity index (χ4n) is 4.93. The van der Waals surface area contributed by atoms with Gasteiger partial charge >= 0.3 is 6.09 Å². The van der Waals surface area contributed by atoms with Gasteiger partial charge in [0.15, 0.2) is 0 Å². The second-order valence-corrected chi connectivity index (χ2v) is 12.8. The van der Waals surface area contributed by atoms with Gasteiger partial charge in [-0.05, 0) is 57.7 Å². The lowest BCUT2D eigenvalue weighted by molar-refractivity contribution is -0.125. The van der Waals surface area contributed by atoms with Crippen LogP contribution < -0.4 is 15.4 Å². The number of hydrogen-bond donors (Lipinski definition) is 2. The summed E-state index contributed by atoms with van der Waals surface area (Å²) in [6.45, 7) is 5.47. The number of anilines is 1. The Bertz CT molecular complexity index is 1130. The van der Waals surface area contributed by atoms with Crippen molar-refractivity contribution in [1.82, 2.24) is 15.2 Å². The third-order valence-corrected chi connectivity index (χ3v) is 8.40. The Morgan fingerprint density at radius 2 is 1.88 bits per heavy atom. The molecule has 40 heavy (non-hydrogen) atoms. The minimum Gasteiger partial charge on any atom is -0.444 e. The average Bonchev–Trinajstić information content (AvgIpc) is 3.43. The molecular formula is C30H40N4O4S2. The molecule has 0 radical (unpaired) electrons. The number of carbonyl (C=O) groups is 2. The fourth-order valence-corrected chi connectivity index (χ4v) is 6.37. The van der Waals surface area contributed by atoms with Crippen LogP contribution in [0.3, 0.4) is 0 Å². The highest BCUT2D eigenvalue weighted by Gasteiger charge is 2.38. The lowest BCUT2D eigenvalue weighted by Crippen LogP contribution is -2.53. The van der Waals surface area contributed by atoms with E-state index in [2.05, 4.69) is 15.6 Å². The summed E-state index contributed by atoms with van der Waals surface area (Å²) in [5, 5.41) is 6.43. The smallest absolute Gasteiger partial charge is 0.411 e. The van der Waals surface area contributed by atoms with Gasteiger partial charge in [-0.2, -0.15) is 0 Å². The zero-order valence-corrected chi connectivity index (χ0v) is 25.2. The molecule has 1 saturated heterocycles. The highest BCUT2D eigenvalue weighted by Crippen LogP contribution is 2.29. The van der Waals surface area contributed by atoms with Crippen LogP contribution in [0.25, 0.3) is 0 Å². The number of amides is 2. The standard InChI is InChI=1S/C30H40N4O4S2/c1-30(2,3)38-29(36)34-20-40-19-25(34)27(35)33-24(16-14-21-10-6-4-7-11-21)28(39)32-22-15-17-26(31-18-22)37-23-12-8-5-9-13-23/h5,8-9,12-13,15,17-18,21,24-25H,4,6-7,10-11,14,16,19-20H2,1-3H3,(H,32,39)(H,33,35)/t24-,25+/m1/s1. The summed E-state index contributed by atoms with van der Waals surface area (Å²) < 4.78 is 11.3. The van der Waals surface area contributed by atoms with Crippen molar-refractivity contribution in [3.8, 4) is 11.6 Å². The van der Waals surface area contributed by atoms with E-state index in [4.69, 9.17) is 21.7 Å². The normalized spacial score (nSPS) is 18.6. The molecule has 1 saturated carbocycles. The Kier molecular flexibility index (Phi) is 10.7. The number of aromatic nitrogens is 1. The average molecular weight is 585 g/mol. The molecule has 0 bridgehead atoms. The van der Waals surface area contributed by atoms with Crippen LogP contribution in [0.2, 0.25) is 0 Å². The number of thioether (sulfide) groups is 1. The van der Waals surface area contributed by atoms with Crippen LogP contribution in [-0.2, 0) is 9.53 Å². The molecule has 1 aliphatic heterocycles. The van der Waals surface area contributed by atoms with Crippen LogP contribution in [0.15, 0.2) is 48.7 Å². The zero-order chi connectivity index (χ0) is 28.5. The summed E-state index contributed by atoms with van der Waals surface area (Å²) in [5.41, 5.74) is 0.0869. The zero-order valence-electron chi connectivity index (χ0n) is 23.6. The van der Waals surface area contributed by atoms with Gasteiger partial charge in [-0.25, -0.2) is 9.78 Å². The van der Waals surface area contributed by atoms with E-state index in [0.717, 1.165) is 12.8 Å². The van der Waals surface area contributed by atoms with E-state index in [-0.39, 0.29) is 11.9 Å². The van der Waals surface area contributed by atoms with Crippen LogP contribution in [0.4, 0.5) is 10.5 Å². The van der Waals surface area contributed by atoms with Crippen molar-refractivity contribution < 1.29 is 19.1 Å². The first-order valence-electron chi connectivity index (χ1n) is 14.1. The molecule has 1 aromatic carbocycles. The van der Waals surface area contributed by atoms with Gasteiger partial charge in [-0.3, -0.25) is 9.69 Å². The summed E-state index contributed by atoms with van der Waals surface area (Å²) in [6, 6.07) is 12.2. The molecule has 2 heterocycles. The maximum Gasteiger partial charge on any atom is 0.411 e. The van der Waals surface area contributed by atoms with Gasteiger partial charge in [0, 0.05) is 11.8 Å². The number of thiocarbonyl (C=S) groups is 1. The van der Waals surface area contributed by atoms with Gasteiger partial charge in [0.1, 0.15) is 22.4 Å². The number of ether oxygens (including phenoxy) is 2. The molecule has 2 atom stereocenters. The molecule has 2 aliphatic rings. The van der Waals surface area contributed by atoms with Crippen LogP contribution in [0, 0.1) is 5.92 Å². The third kappa shape index (κ3) is 9.09. The molecule has 4 rings (SSSR count). The molecule has 1 aromatic heterocycles. The Morgan fingerprint density at radius 1 is 1.12 bits per heavy atom. The van der Waals surface area contributed by atoms with Gasteiger partial charge in [-0.15, -0.1) is 11.8 Å². The topological polar surface area (TPSA) is 92.8 Å². The predicted molar refractivity (Wildman–Crippen MR) is 164 cm³/mol. The summed E-state index contributed by atoms with van der Waals surface area (Å²) >= 11 is 7.36. The van der Waals surface area contributed by atoms with E-state index in [1.54, 1.807) is 24.0 Å². The number of nitrogens with one attached hydrogen (secondary N) is 2. The first-order chi connectivity index (χ1) is 19.2. The van der Waals surface area contributed by atoms with Crippen LogP contribution in [0.1, 0.15) is 65.7 Å². The van der Waals surface area contributed by atoms with Crippen molar-refractivity contribution in [2.75, 3.05) is 16.9 Å². The van der Waals surface area contributed by atoms with Crippen molar-refractivity contribution in [2.45, 2.75) is 83.4 Å². The molecule has 8 nitrogen and oxygen atoms in total. The summed E-state index contributed by atoms with van der Waals surface area (Å²) in [6.07, 6.45) is 9.19. The van der Waals surface area contributed by atoms with Gasteiger partial charge in [0.25, 0.3) is 0 Å². The van der Waals surface area contributed by atoms with Crippen molar-refractivity contribution in [2.24, 2.45) is 5.92 Å². The number of rotatable bonds is 9. The highest BCUT2D eigenvalue weighted by molar-refractivity contribution is 7.99. The maximum absolute atomic E-state index is 13.5. The Hall–Kier alpha value is -2.85. The number of pyridine rings is 1. The largest absolute Gasteiger partial charge is 0.444 e. The summed E-state index contributed by atoms with van der Waals surface area (Å²) in [7, 11) is 0. The minimum atomic E-state index is -0.630. The lowest BCUT2D eigenvalue weighted by Gasteiger charge is -2.29. The molecular weight excluding hydrogens is 544 g/mol. The molecule has 216 valence electrons. The number of carbonyl (C=O) groups excluding carboxylic acids is 2. The van der Waals surface area contributed by atoms with Gasteiger partial charge in [0.2, 0.25) is 11.8 Å². The van der Waals surface area contributed by atoms with Crippen molar-refractivity contribution in [3.63, 3.8) is 0 Å². The molecule has 10 heteroatoms. The quantitative estimate of drug-likeness (QED) is 0.312. The van der Waals surface area contributed by atoms with Crippen molar-refractivity contribution in [3.05, 3.63) is 48.7 Å². The first-order valence-corrected chi connectivity index (χ1v) is 15.6. The molecule has 2 N–H and O–H groups in total. The monoisotopic (exact) mass is 584 g/mol. The molecule has 0 unspecified atom stereocenters. The molecule has 1 aliphatic carbocycles. The van der Waals surface area contributed by atoms with Gasteiger partial charge < -0.3 is 20.1 Å². The summed E-state index contributed by atoms with van der Waals surface area (Å²) in [4.78, 5) is 32.7. The molecule has 2 amide bonds. The van der Waals surface area contributed by atoms with Gasteiger partial charge in [-0.1, -0.05) is 62.5 Å². The van der Waals surface area contributed by atoms with E-state index in [9.17, 15) is 9.59 Å². The van der Waals surface area contributed by atoms with Crippen LogP contribution in [-0.4, -0.2) is 56.2 Å². The second-order valence-electron chi connectivity index (χ2n) is 11.4. The van der Waals surface area contributed by atoms with E-state index >= 15 is 0 Å². The highest BCUT2D eigenvalue weighted by atomic mass is 32.2. The number of benzene rings is 1. The van der Waals surface area contributed by atoms with E-state index in [1.807, 2.05) is 57.2 Å². The summed E-state index contributed by atoms with van der Waals surface area (Å²) in [5.74, 6) is 2.57. The minimum absolute atomic E-state index is 0.210. The SMILES string of the molecule is CC(C)(C)OC(=O)N1CSC[C@H]1C(=O)N[C@H](CCC1CCCCC1)C(=S)Nc1ccc(Oc2ccccc2)nc1. The molecule has 0 spiro atoms. The van der Waals surface area contributed by atoms with Crippen LogP contribution >= 0.6 is 24.0 Å². The fraction of sp³-hybridized carbons (Fsp3) is 0.533. The Labute approximate surface area is 247 Å². The third-order valence-electron chi connectivity index (χ3n) is 7.00. The number of hydrogen-bond acceptors (Lipinski definition) is 7. The maximum atomic E-state index is 13.5. The van der Waals surface area contributed by atoms with E-state index in [0.29, 0.717) is 39.9 Å². The van der Waals surface area contributed by atoms with E-state index < -0.39 is 17.7 Å². The molecule has 2 aromatic rings. The Balaban J connectivity index is 1.40. The second kappa shape index (κ2) is 14.2. The number of para-hydroxylation sites is 1. The first kappa shape index (κ1) is 30.1. The molecule has 2 fully saturated rings. The Morgan fingerprint density at radius 3 is 2.55 bits per heavy atom. The van der Waals surface area contributed by atoms with Crippen LogP contribution in [0.5, 0.6) is 11.6 Å². The van der Waals surface area contributed by atoms with Gasteiger partial charge in [0.05, 0.1) is 23.8 Å². The predicted octanol–water partition coefficient (Wildman–Crippen LogP) is 6.77. The number of nitrogens with zero attached hydrogens (tertiary/aromatic N) is 2. The lowest BCUT2D eigenvalue weighted by atomic mass is 9.85. The van der Waals surface area contributed by atoms with E-state index in [1.165, 1.54) is 37.0 Å². The van der Waals surface area contributed by atoms with Crippen molar-refractivity contribution >= 4 is 46.7 Å². The van der Waals surface area contributed by atoms with Crippen molar-refractivity contribution in [1.29, 1.82) is 0 Å².